The molecule has 3 rings (SSSR count). The number of nitrogens with zero attached hydrogens (tertiary/aromatic N) is 2. The van der Waals surface area contributed by atoms with Gasteiger partial charge in [-0.1, -0.05) is 30.3 Å². The molecule has 25 heavy (non-hydrogen) atoms. The molecule has 0 fully saturated rings. The number of hydrogen-bond donors (Lipinski definition) is 1. The summed E-state index contributed by atoms with van der Waals surface area (Å²) in [6.45, 7) is 1.82. The van der Waals surface area contributed by atoms with Crippen LogP contribution in [0, 0.1) is 12.7 Å². The Labute approximate surface area is 144 Å². The van der Waals surface area contributed by atoms with Gasteiger partial charge < -0.3 is 4.42 Å². The standard InChI is InChI=1S/C17H16FN3O3S/c1-12-6-2-5-9-15(12)25(22,23)19-11-10-16-20-21-17(24-16)13-7-3-4-8-14(13)18/h2-9,19H,10-11H2,1H3. The fourth-order valence-corrected chi connectivity index (χ4v) is 3.60. The first-order chi connectivity index (χ1) is 12.0. The minimum atomic E-state index is -3.61. The zero-order chi connectivity index (χ0) is 17.9. The first kappa shape index (κ1) is 17.2. The molecule has 0 bridgehead atoms. The lowest BCUT2D eigenvalue weighted by molar-refractivity contribution is 0.498. The van der Waals surface area contributed by atoms with Crippen molar-refractivity contribution in [2.45, 2.75) is 18.2 Å². The Morgan fingerprint density at radius 3 is 2.56 bits per heavy atom. The Morgan fingerprint density at radius 2 is 1.80 bits per heavy atom. The van der Waals surface area contributed by atoms with Gasteiger partial charge in [-0.3, -0.25) is 0 Å². The minimum Gasteiger partial charge on any atom is -0.421 e. The average Bonchev–Trinajstić information content (AvgIpc) is 3.04. The lowest BCUT2D eigenvalue weighted by atomic mass is 10.2. The molecule has 0 saturated carbocycles. The molecule has 130 valence electrons. The van der Waals surface area contributed by atoms with Crippen LogP contribution in [0.25, 0.3) is 11.5 Å². The van der Waals surface area contributed by atoms with Crippen molar-refractivity contribution in [3.63, 3.8) is 0 Å². The maximum absolute atomic E-state index is 13.7. The van der Waals surface area contributed by atoms with E-state index >= 15 is 0 Å². The number of rotatable bonds is 6. The predicted molar refractivity (Wildman–Crippen MR) is 89.8 cm³/mol. The molecule has 0 aliphatic carbocycles. The van der Waals surface area contributed by atoms with Crippen LogP contribution in [0.4, 0.5) is 4.39 Å². The van der Waals surface area contributed by atoms with E-state index in [0.29, 0.717) is 5.56 Å². The maximum atomic E-state index is 13.7. The van der Waals surface area contributed by atoms with E-state index in [9.17, 15) is 12.8 Å². The molecule has 1 aromatic heterocycles. The smallest absolute Gasteiger partial charge is 0.250 e. The largest absolute Gasteiger partial charge is 0.421 e. The van der Waals surface area contributed by atoms with Gasteiger partial charge in [-0.2, -0.15) is 0 Å². The molecule has 8 heteroatoms. The highest BCUT2D eigenvalue weighted by Gasteiger charge is 2.17. The molecular formula is C17H16FN3O3S. The van der Waals surface area contributed by atoms with Gasteiger partial charge in [0.2, 0.25) is 15.9 Å². The zero-order valence-corrected chi connectivity index (χ0v) is 14.3. The van der Waals surface area contributed by atoms with Crippen LogP contribution in [0.15, 0.2) is 57.8 Å². The van der Waals surface area contributed by atoms with Gasteiger partial charge in [-0.15, -0.1) is 10.2 Å². The molecule has 6 nitrogen and oxygen atoms in total. The highest BCUT2D eigenvalue weighted by atomic mass is 32.2. The van der Waals surface area contributed by atoms with E-state index in [0.717, 1.165) is 0 Å². The number of aromatic nitrogens is 2. The summed E-state index contributed by atoms with van der Waals surface area (Å²) >= 11 is 0. The monoisotopic (exact) mass is 361 g/mol. The van der Waals surface area contributed by atoms with E-state index < -0.39 is 15.8 Å². The Balaban J connectivity index is 1.65. The molecule has 0 atom stereocenters. The van der Waals surface area contributed by atoms with Crippen molar-refractivity contribution in [1.82, 2.24) is 14.9 Å². The summed E-state index contributed by atoms with van der Waals surface area (Å²) in [5.41, 5.74) is 0.872. The second kappa shape index (κ2) is 7.12. The van der Waals surface area contributed by atoms with Crippen LogP contribution in [0.1, 0.15) is 11.5 Å². The van der Waals surface area contributed by atoms with Crippen molar-refractivity contribution in [3.05, 3.63) is 65.8 Å². The first-order valence-electron chi connectivity index (χ1n) is 7.60. The molecule has 0 aliphatic heterocycles. The molecule has 1 heterocycles. The van der Waals surface area contributed by atoms with Crippen molar-refractivity contribution < 1.29 is 17.2 Å². The maximum Gasteiger partial charge on any atom is 0.250 e. The van der Waals surface area contributed by atoms with Crippen LogP contribution in [0.5, 0.6) is 0 Å². The van der Waals surface area contributed by atoms with E-state index in [-0.39, 0.29) is 35.2 Å². The van der Waals surface area contributed by atoms with Crippen LogP contribution in [0.2, 0.25) is 0 Å². The molecule has 1 N–H and O–H groups in total. The molecule has 3 aromatic rings. The molecule has 0 amide bonds. The lowest BCUT2D eigenvalue weighted by Gasteiger charge is -2.07. The van der Waals surface area contributed by atoms with Crippen LogP contribution < -0.4 is 4.72 Å². The topological polar surface area (TPSA) is 85.1 Å². The summed E-state index contributed by atoms with van der Waals surface area (Å²) in [5, 5.41) is 7.63. The Hall–Kier alpha value is -2.58. The third-order valence-corrected chi connectivity index (χ3v) is 5.21. The average molecular weight is 361 g/mol. The van der Waals surface area contributed by atoms with Gasteiger partial charge in [0.05, 0.1) is 10.5 Å². The second-order valence-electron chi connectivity index (χ2n) is 5.39. The van der Waals surface area contributed by atoms with E-state index in [2.05, 4.69) is 14.9 Å². The predicted octanol–water partition coefficient (Wildman–Crippen LogP) is 2.71. The van der Waals surface area contributed by atoms with Crippen molar-refractivity contribution in [2.75, 3.05) is 6.54 Å². The summed E-state index contributed by atoms with van der Waals surface area (Å²) < 4.78 is 46.2. The summed E-state index contributed by atoms with van der Waals surface area (Å²) in [6, 6.07) is 12.8. The zero-order valence-electron chi connectivity index (χ0n) is 13.4. The van der Waals surface area contributed by atoms with Crippen molar-refractivity contribution in [3.8, 4) is 11.5 Å². The third-order valence-electron chi connectivity index (χ3n) is 3.59. The normalized spacial score (nSPS) is 11.6. The van der Waals surface area contributed by atoms with Gasteiger partial charge in [0, 0.05) is 13.0 Å². The Morgan fingerprint density at radius 1 is 1.08 bits per heavy atom. The molecule has 0 radical (unpaired) electrons. The second-order valence-corrected chi connectivity index (χ2v) is 7.13. The van der Waals surface area contributed by atoms with E-state index in [1.807, 2.05) is 0 Å². The van der Waals surface area contributed by atoms with Crippen molar-refractivity contribution in [1.29, 1.82) is 0 Å². The highest BCUT2D eigenvalue weighted by Crippen LogP contribution is 2.21. The lowest BCUT2D eigenvalue weighted by Crippen LogP contribution is -2.26. The quantitative estimate of drug-likeness (QED) is 0.730. The third kappa shape index (κ3) is 3.92. The minimum absolute atomic E-state index is 0.0647. The summed E-state index contributed by atoms with van der Waals surface area (Å²) in [5.74, 6) is -0.168. The molecule has 0 spiro atoms. The molecule has 0 unspecified atom stereocenters. The van der Waals surface area contributed by atoms with Gasteiger partial charge in [0.15, 0.2) is 0 Å². The number of sulfonamides is 1. The van der Waals surface area contributed by atoms with Crippen molar-refractivity contribution >= 4 is 10.0 Å². The summed E-state index contributed by atoms with van der Waals surface area (Å²) in [4.78, 5) is 0.229. The highest BCUT2D eigenvalue weighted by molar-refractivity contribution is 7.89. The number of nitrogens with one attached hydrogen (secondary N) is 1. The van der Waals surface area contributed by atoms with Crippen LogP contribution in [-0.4, -0.2) is 25.2 Å². The van der Waals surface area contributed by atoms with E-state index in [4.69, 9.17) is 4.42 Å². The van der Waals surface area contributed by atoms with Gasteiger partial charge in [0.1, 0.15) is 5.82 Å². The van der Waals surface area contributed by atoms with E-state index in [1.54, 1.807) is 43.3 Å². The van der Waals surface area contributed by atoms with Crippen LogP contribution in [0.3, 0.4) is 0 Å². The Kier molecular flexibility index (Phi) is 4.91. The van der Waals surface area contributed by atoms with Crippen LogP contribution in [-0.2, 0) is 16.4 Å². The van der Waals surface area contributed by atoms with Gasteiger partial charge in [0.25, 0.3) is 5.89 Å². The SMILES string of the molecule is Cc1ccccc1S(=O)(=O)NCCc1nnc(-c2ccccc2F)o1. The van der Waals surface area contributed by atoms with Gasteiger partial charge >= 0.3 is 0 Å². The Bertz CT molecular complexity index is 986. The van der Waals surface area contributed by atoms with Gasteiger partial charge in [-0.05, 0) is 30.7 Å². The molecule has 0 saturated heterocycles. The number of halogens is 1. The van der Waals surface area contributed by atoms with Crippen LogP contribution >= 0.6 is 0 Å². The van der Waals surface area contributed by atoms with Crippen molar-refractivity contribution in [2.24, 2.45) is 0 Å². The summed E-state index contributed by atoms with van der Waals surface area (Å²) in [6.07, 6.45) is 0.201. The molecular weight excluding hydrogens is 345 g/mol. The number of benzene rings is 2. The van der Waals surface area contributed by atoms with E-state index in [1.165, 1.54) is 12.1 Å². The fourth-order valence-electron chi connectivity index (χ4n) is 2.33. The number of hydrogen-bond acceptors (Lipinski definition) is 5. The van der Waals surface area contributed by atoms with Gasteiger partial charge in [-0.25, -0.2) is 17.5 Å². The molecule has 2 aromatic carbocycles. The first-order valence-corrected chi connectivity index (χ1v) is 9.08. The number of aryl methyl sites for hydroxylation is 1. The fraction of sp³-hybridized carbons (Fsp3) is 0.176. The summed E-state index contributed by atoms with van der Waals surface area (Å²) in [7, 11) is -3.61. The molecule has 0 aliphatic rings.